The van der Waals surface area contributed by atoms with Crippen molar-refractivity contribution < 1.29 is 31.5 Å². The molecule has 0 bridgehead atoms. The fourth-order valence-electron chi connectivity index (χ4n) is 6.42. The van der Waals surface area contributed by atoms with E-state index in [9.17, 15) is 31.5 Å². The van der Waals surface area contributed by atoms with Gasteiger partial charge in [-0.05, 0) is 37.3 Å². The van der Waals surface area contributed by atoms with E-state index in [0.29, 0.717) is 47.1 Å². The zero-order valence-corrected chi connectivity index (χ0v) is 22.6. The standard InChI is InChI=1S/C27H29F5N6O3/c1-14(27(30,31)32)38-24(40)21(36-9-17(10-36)41-3)5-20(35-38)19-11-37(16-6-25(7-16)12-26(28,29)13-25)22-8-33-23(4-18(19)22)34-15(2)39/h4-5,8,11,14,16-17H,6-7,9-10,12-13H2,1-3H3,(H,33,34,39)/t14-/m0/s1. The van der Waals surface area contributed by atoms with E-state index in [-0.39, 0.29) is 48.1 Å². The Hall–Kier alpha value is -3.55. The minimum absolute atomic E-state index is 0.0655. The number of pyridine rings is 1. The fourth-order valence-corrected chi connectivity index (χ4v) is 6.42. The quantitative estimate of drug-likeness (QED) is 0.416. The molecule has 3 fully saturated rings. The molecule has 9 nitrogen and oxygen atoms in total. The second-order valence-corrected chi connectivity index (χ2v) is 11.6. The molecule has 1 spiro atoms. The maximum Gasteiger partial charge on any atom is 0.410 e. The summed E-state index contributed by atoms with van der Waals surface area (Å²) in [5.41, 5.74) is -0.0370. The smallest absolute Gasteiger partial charge is 0.378 e. The number of anilines is 2. The van der Waals surface area contributed by atoms with E-state index in [4.69, 9.17) is 4.74 Å². The lowest BCUT2D eigenvalue weighted by atomic mass is 9.52. The van der Waals surface area contributed by atoms with Crippen LogP contribution in [0.4, 0.5) is 33.5 Å². The second kappa shape index (κ2) is 9.23. The molecule has 2 saturated carbocycles. The van der Waals surface area contributed by atoms with Crippen molar-refractivity contribution >= 4 is 28.3 Å². The van der Waals surface area contributed by atoms with Gasteiger partial charge >= 0.3 is 6.18 Å². The van der Waals surface area contributed by atoms with E-state index in [0.717, 1.165) is 6.92 Å². The van der Waals surface area contributed by atoms with Crippen LogP contribution in [0.25, 0.3) is 22.2 Å². The van der Waals surface area contributed by atoms with Crippen molar-refractivity contribution in [3.8, 4) is 11.3 Å². The molecule has 4 heterocycles. The Kier molecular flexibility index (Phi) is 6.22. The molecule has 0 radical (unpaired) electrons. The van der Waals surface area contributed by atoms with Crippen molar-refractivity contribution in [1.29, 1.82) is 0 Å². The fraction of sp³-hybridized carbons (Fsp3) is 0.556. The minimum Gasteiger partial charge on any atom is -0.378 e. The van der Waals surface area contributed by atoms with Gasteiger partial charge in [0.2, 0.25) is 11.8 Å². The highest BCUT2D eigenvalue weighted by atomic mass is 19.4. The zero-order valence-electron chi connectivity index (χ0n) is 22.6. The average molecular weight is 581 g/mol. The molecule has 1 N–H and O–H groups in total. The summed E-state index contributed by atoms with van der Waals surface area (Å²) in [6.45, 7) is 2.87. The van der Waals surface area contributed by atoms with Crippen LogP contribution in [-0.4, -0.2) is 63.6 Å². The van der Waals surface area contributed by atoms with Gasteiger partial charge in [0.15, 0.2) is 0 Å². The second-order valence-electron chi connectivity index (χ2n) is 11.6. The number of fused-ring (bicyclic) bond motifs is 1. The third-order valence-electron chi connectivity index (χ3n) is 8.58. The van der Waals surface area contributed by atoms with Gasteiger partial charge in [0, 0.05) is 63.2 Å². The number of aromatic nitrogens is 4. The van der Waals surface area contributed by atoms with Crippen LogP contribution in [0.1, 0.15) is 51.6 Å². The number of halogens is 5. The van der Waals surface area contributed by atoms with Crippen LogP contribution in [0.3, 0.4) is 0 Å². The van der Waals surface area contributed by atoms with Gasteiger partial charge in [-0.25, -0.2) is 18.4 Å². The van der Waals surface area contributed by atoms with Crippen molar-refractivity contribution in [2.75, 3.05) is 30.4 Å². The maximum atomic E-state index is 13.8. The first-order valence-electron chi connectivity index (χ1n) is 13.3. The summed E-state index contributed by atoms with van der Waals surface area (Å²) < 4.78 is 76.3. The number of rotatable bonds is 6. The molecule has 3 aromatic heterocycles. The van der Waals surface area contributed by atoms with Gasteiger partial charge in [0.05, 0.1) is 23.5 Å². The Morgan fingerprint density at radius 3 is 2.46 bits per heavy atom. The van der Waals surface area contributed by atoms with Crippen LogP contribution in [0.5, 0.6) is 0 Å². The lowest BCUT2D eigenvalue weighted by Gasteiger charge is -2.57. The SMILES string of the molecule is COC1CN(c2cc(-c3cn(C4CC5(C4)CC(F)(F)C5)c4cnc(NC(C)=O)cc34)nn([C@@H](C)C(F)(F)F)c2=O)C1. The number of carbonyl (C=O) groups excluding carboxylic acids is 1. The summed E-state index contributed by atoms with van der Waals surface area (Å²) in [4.78, 5) is 30.9. The van der Waals surface area contributed by atoms with E-state index in [1.165, 1.54) is 20.1 Å². The van der Waals surface area contributed by atoms with Crippen LogP contribution in [0.15, 0.2) is 29.3 Å². The zero-order chi connectivity index (χ0) is 29.5. The molecule has 0 unspecified atom stereocenters. The molecule has 1 amide bonds. The molecule has 1 saturated heterocycles. The Labute approximate surface area is 231 Å². The van der Waals surface area contributed by atoms with Crippen LogP contribution in [-0.2, 0) is 9.53 Å². The molecule has 0 aromatic carbocycles. The molecule has 1 aliphatic heterocycles. The Bertz CT molecular complexity index is 1580. The molecule has 41 heavy (non-hydrogen) atoms. The van der Waals surface area contributed by atoms with Gasteiger partial charge in [-0.3, -0.25) is 9.59 Å². The largest absolute Gasteiger partial charge is 0.410 e. The highest BCUT2D eigenvalue weighted by molar-refractivity contribution is 5.98. The number of alkyl halides is 5. The van der Waals surface area contributed by atoms with Crippen molar-refractivity contribution in [1.82, 2.24) is 19.3 Å². The minimum atomic E-state index is -4.72. The van der Waals surface area contributed by atoms with Crippen LogP contribution in [0, 0.1) is 5.41 Å². The van der Waals surface area contributed by atoms with Crippen molar-refractivity contribution in [2.24, 2.45) is 5.41 Å². The number of hydrogen-bond donors (Lipinski definition) is 1. The number of nitrogens with one attached hydrogen (secondary N) is 1. The van der Waals surface area contributed by atoms with Crippen molar-refractivity contribution in [3.05, 3.63) is 34.9 Å². The Morgan fingerprint density at radius 1 is 1.20 bits per heavy atom. The third-order valence-corrected chi connectivity index (χ3v) is 8.58. The normalized spacial score (nSPS) is 20.9. The van der Waals surface area contributed by atoms with E-state index in [1.54, 1.807) is 23.4 Å². The van der Waals surface area contributed by atoms with Crippen LogP contribution < -0.4 is 15.8 Å². The third kappa shape index (κ3) is 4.75. The highest BCUT2D eigenvalue weighted by Gasteiger charge is 2.62. The number of nitrogens with zero attached hydrogens (tertiary/aromatic N) is 5. The lowest BCUT2D eigenvalue weighted by molar-refractivity contribution is -0.203. The molecular formula is C27H29F5N6O3. The molecule has 1 atom stereocenters. The maximum absolute atomic E-state index is 13.8. The van der Waals surface area contributed by atoms with Gasteiger partial charge in [0.25, 0.3) is 5.56 Å². The molecular weight excluding hydrogens is 551 g/mol. The summed E-state index contributed by atoms with van der Waals surface area (Å²) in [5.74, 6) is -2.77. The van der Waals surface area contributed by atoms with E-state index >= 15 is 0 Å². The Balaban J connectivity index is 1.48. The van der Waals surface area contributed by atoms with Crippen LogP contribution >= 0.6 is 0 Å². The highest BCUT2D eigenvalue weighted by Crippen LogP contribution is 2.66. The topological polar surface area (TPSA) is 94.3 Å². The first-order chi connectivity index (χ1) is 19.2. The van der Waals surface area contributed by atoms with Gasteiger partial charge < -0.3 is 19.5 Å². The molecule has 220 valence electrons. The monoisotopic (exact) mass is 580 g/mol. The van der Waals surface area contributed by atoms with Gasteiger partial charge in [-0.1, -0.05) is 0 Å². The lowest BCUT2D eigenvalue weighted by Crippen LogP contribution is -2.54. The predicted octanol–water partition coefficient (Wildman–Crippen LogP) is 4.93. The van der Waals surface area contributed by atoms with Crippen molar-refractivity contribution in [2.45, 2.75) is 69.8 Å². The number of hydrogen-bond acceptors (Lipinski definition) is 6. The summed E-state index contributed by atoms with van der Waals surface area (Å²) >= 11 is 0. The van der Waals surface area contributed by atoms with Gasteiger partial charge in [0.1, 0.15) is 17.5 Å². The molecule has 2 aliphatic carbocycles. The summed E-state index contributed by atoms with van der Waals surface area (Å²) in [6.07, 6.45) is -0.850. The Morgan fingerprint density at radius 2 is 1.88 bits per heavy atom. The first-order valence-corrected chi connectivity index (χ1v) is 13.3. The first kappa shape index (κ1) is 27.6. The van der Waals surface area contributed by atoms with Gasteiger partial charge in [-0.15, -0.1) is 0 Å². The molecule has 3 aromatic rings. The summed E-state index contributed by atoms with van der Waals surface area (Å²) in [7, 11) is 1.52. The van der Waals surface area contributed by atoms with E-state index < -0.39 is 29.1 Å². The summed E-state index contributed by atoms with van der Waals surface area (Å²) in [6, 6.07) is 0.765. The predicted molar refractivity (Wildman–Crippen MR) is 140 cm³/mol. The van der Waals surface area contributed by atoms with Crippen LogP contribution in [0.2, 0.25) is 0 Å². The van der Waals surface area contributed by atoms with Crippen molar-refractivity contribution in [3.63, 3.8) is 0 Å². The average Bonchev–Trinajstić information content (AvgIpc) is 3.18. The van der Waals surface area contributed by atoms with E-state index in [2.05, 4.69) is 15.4 Å². The molecule has 14 heteroatoms. The number of amides is 1. The number of ether oxygens (including phenoxy) is 1. The van der Waals surface area contributed by atoms with Gasteiger partial charge in [-0.2, -0.15) is 18.3 Å². The molecule has 6 rings (SSSR count). The van der Waals surface area contributed by atoms with E-state index in [1.807, 2.05) is 4.57 Å². The number of carbonyl (C=O) groups is 1. The number of methoxy groups -OCH3 is 1. The molecule has 3 aliphatic rings. The summed E-state index contributed by atoms with van der Waals surface area (Å²) in [5, 5.41) is 7.35.